The number of aromatic amines is 1. The smallest absolute Gasteiger partial charge is 0.346 e. The van der Waals surface area contributed by atoms with Crippen molar-refractivity contribution in [2.75, 3.05) is 18.5 Å². The largest absolute Gasteiger partial charge is 0.491 e. The molecule has 1 atom stereocenters. The summed E-state index contributed by atoms with van der Waals surface area (Å²) < 4.78 is 10.6. The maximum absolute atomic E-state index is 11.1. The fourth-order valence-corrected chi connectivity index (χ4v) is 1.58. The molecule has 1 aromatic carbocycles. The maximum Gasteiger partial charge on any atom is 0.346 e. The first-order valence-electron chi connectivity index (χ1n) is 5.96. The van der Waals surface area contributed by atoms with Gasteiger partial charge in [-0.05, 0) is 30.3 Å². The molecule has 98 valence electrons. The number of aromatic nitrogens is 2. The lowest BCUT2D eigenvalue weighted by atomic mass is 10.3. The lowest BCUT2D eigenvalue weighted by Gasteiger charge is -2.07. The molecule has 2 aromatic rings. The van der Waals surface area contributed by atoms with Crippen LogP contribution in [-0.4, -0.2) is 29.3 Å². The number of benzene rings is 1. The minimum atomic E-state index is -0.380. The second-order valence-electron chi connectivity index (χ2n) is 4.20. The first-order valence-corrected chi connectivity index (χ1v) is 5.96. The van der Waals surface area contributed by atoms with Crippen LogP contribution in [0.5, 0.6) is 5.75 Å². The lowest BCUT2D eigenvalue weighted by molar-refractivity contribution is 0.263. The summed E-state index contributed by atoms with van der Waals surface area (Å²) in [4.78, 5) is 17.2. The number of nitrogens with one attached hydrogen (secondary N) is 2. The molecule has 3 rings (SSSR count). The van der Waals surface area contributed by atoms with Gasteiger partial charge >= 0.3 is 5.69 Å². The number of rotatable bonds is 5. The lowest BCUT2D eigenvalue weighted by Crippen LogP contribution is -2.10. The second-order valence-corrected chi connectivity index (χ2v) is 4.20. The molecular formula is C13H13N3O3. The SMILES string of the molecule is O=c1nccc(Nc2ccc(OCC3CO3)cc2)[nH]1. The second kappa shape index (κ2) is 5.11. The molecule has 0 bridgehead atoms. The van der Waals surface area contributed by atoms with E-state index < -0.39 is 0 Å². The van der Waals surface area contributed by atoms with Gasteiger partial charge in [0.1, 0.15) is 24.3 Å². The highest BCUT2D eigenvalue weighted by atomic mass is 16.6. The molecule has 6 nitrogen and oxygen atoms in total. The van der Waals surface area contributed by atoms with Crippen LogP contribution in [0.15, 0.2) is 41.3 Å². The topological polar surface area (TPSA) is 79.5 Å². The van der Waals surface area contributed by atoms with Crippen LogP contribution in [0.2, 0.25) is 0 Å². The number of epoxide rings is 1. The Morgan fingerprint density at radius 2 is 2.16 bits per heavy atom. The van der Waals surface area contributed by atoms with Gasteiger partial charge in [0.25, 0.3) is 0 Å². The van der Waals surface area contributed by atoms with Gasteiger partial charge in [-0.3, -0.25) is 4.98 Å². The van der Waals surface area contributed by atoms with Crippen LogP contribution in [0.4, 0.5) is 11.5 Å². The van der Waals surface area contributed by atoms with Crippen molar-refractivity contribution in [2.45, 2.75) is 6.10 Å². The Morgan fingerprint density at radius 3 is 2.84 bits per heavy atom. The first-order chi connectivity index (χ1) is 9.29. The van der Waals surface area contributed by atoms with E-state index in [2.05, 4.69) is 15.3 Å². The monoisotopic (exact) mass is 259 g/mol. The highest BCUT2D eigenvalue weighted by Gasteiger charge is 2.22. The van der Waals surface area contributed by atoms with E-state index in [1.165, 1.54) is 6.20 Å². The molecule has 0 saturated carbocycles. The Morgan fingerprint density at radius 1 is 1.37 bits per heavy atom. The summed E-state index contributed by atoms with van der Waals surface area (Å²) in [5, 5.41) is 3.07. The molecule has 1 aliphatic heterocycles. The molecule has 1 fully saturated rings. The van der Waals surface area contributed by atoms with Gasteiger partial charge in [0.2, 0.25) is 0 Å². The van der Waals surface area contributed by atoms with Crippen molar-refractivity contribution >= 4 is 11.5 Å². The van der Waals surface area contributed by atoms with Gasteiger partial charge in [0.05, 0.1) is 6.61 Å². The zero-order chi connectivity index (χ0) is 13.1. The zero-order valence-corrected chi connectivity index (χ0v) is 10.1. The maximum atomic E-state index is 11.1. The van der Waals surface area contributed by atoms with Crippen molar-refractivity contribution in [3.63, 3.8) is 0 Å². The molecule has 0 spiro atoms. The van der Waals surface area contributed by atoms with Gasteiger partial charge in [-0.15, -0.1) is 0 Å². The van der Waals surface area contributed by atoms with Gasteiger partial charge < -0.3 is 14.8 Å². The highest BCUT2D eigenvalue weighted by Crippen LogP contribution is 2.19. The summed E-state index contributed by atoms with van der Waals surface area (Å²) in [6.45, 7) is 1.37. The third kappa shape index (κ3) is 3.32. The number of nitrogens with zero attached hydrogens (tertiary/aromatic N) is 1. The molecule has 1 aromatic heterocycles. The predicted molar refractivity (Wildman–Crippen MR) is 69.8 cm³/mol. The number of hydrogen-bond acceptors (Lipinski definition) is 5. The molecule has 1 unspecified atom stereocenters. The molecule has 1 aliphatic rings. The molecule has 2 N–H and O–H groups in total. The van der Waals surface area contributed by atoms with E-state index in [1.807, 2.05) is 24.3 Å². The van der Waals surface area contributed by atoms with E-state index in [1.54, 1.807) is 6.07 Å². The van der Waals surface area contributed by atoms with Crippen molar-refractivity contribution in [3.05, 3.63) is 47.0 Å². The quantitative estimate of drug-likeness (QED) is 0.791. The van der Waals surface area contributed by atoms with E-state index >= 15 is 0 Å². The van der Waals surface area contributed by atoms with Crippen LogP contribution in [0.3, 0.4) is 0 Å². The van der Waals surface area contributed by atoms with Crippen molar-refractivity contribution in [1.29, 1.82) is 0 Å². The molecule has 6 heteroatoms. The van der Waals surface area contributed by atoms with E-state index in [-0.39, 0.29) is 11.8 Å². The third-order valence-electron chi connectivity index (χ3n) is 2.65. The van der Waals surface area contributed by atoms with Gasteiger partial charge in [-0.2, -0.15) is 0 Å². The average molecular weight is 259 g/mol. The van der Waals surface area contributed by atoms with E-state index in [0.717, 1.165) is 18.0 Å². The van der Waals surface area contributed by atoms with E-state index in [0.29, 0.717) is 12.4 Å². The number of ether oxygens (including phenoxy) is 2. The number of H-pyrrole nitrogens is 1. The minimum absolute atomic E-state index is 0.250. The molecular weight excluding hydrogens is 246 g/mol. The fourth-order valence-electron chi connectivity index (χ4n) is 1.58. The van der Waals surface area contributed by atoms with Crippen LogP contribution in [-0.2, 0) is 4.74 Å². The van der Waals surface area contributed by atoms with Crippen molar-refractivity contribution in [3.8, 4) is 5.75 Å². The predicted octanol–water partition coefficient (Wildman–Crippen LogP) is 1.29. The molecule has 0 aliphatic carbocycles. The minimum Gasteiger partial charge on any atom is -0.491 e. The summed E-state index contributed by atoms with van der Waals surface area (Å²) >= 11 is 0. The van der Waals surface area contributed by atoms with Crippen LogP contribution >= 0.6 is 0 Å². The van der Waals surface area contributed by atoms with Gasteiger partial charge in [0, 0.05) is 11.9 Å². The summed E-state index contributed by atoms with van der Waals surface area (Å²) in [6, 6.07) is 9.17. The van der Waals surface area contributed by atoms with Gasteiger partial charge in [-0.1, -0.05) is 0 Å². The molecule has 0 amide bonds. The molecule has 19 heavy (non-hydrogen) atoms. The average Bonchev–Trinajstić information content (AvgIpc) is 3.22. The number of anilines is 2. The van der Waals surface area contributed by atoms with Crippen LogP contribution in [0.1, 0.15) is 0 Å². The zero-order valence-electron chi connectivity index (χ0n) is 10.1. The van der Waals surface area contributed by atoms with Crippen LogP contribution in [0.25, 0.3) is 0 Å². The Hall–Kier alpha value is -2.34. The van der Waals surface area contributed by atoms with Crippen molar-refractivity contribution in [1.82, 2.24) is 9.97 Å². The summed E-state index contributed by atoms with van der Waals surface area (Å²) in [7, 11) is 0. The summed E-state index contributed by atoms with van der Waals surface area (Å²) in [5.41, 5.74) is 0.478. The van der Waals surface area contributed by atoms with Gasteiger partial charge in [0.15, 0.2) is 0 Å². The molecule has 0 radical (unpaired) electrons. The number of hydrogen-bond donors (Lipinski definition) is 2. The van der Waals surface area contributed by atoms with Crippen molar-refractivity contribution in [2.24, 2.45) is 0 Å². The fraction of sp³-hybridized carbons (Fsp3) is 0.231. The highest BCUT2D eigenvalue weighted by molar-refractivity contribution is 5.56. The van der Waals surface area contributed by atoms with Crippen molar-refractivity contribution < 1.29 is 9.47 Å². The standard InChI is InChI=1S/C13H13N3O3/c17-13-14-6-5-12(16-13)15-9-1-3-10(4-2-9)18-7-11-8-19-11/h1-6,11H,7-8H2,(H2,14,15,16,17). The van der Waals surface area contributed by atoms with E-state index in [9.17, 15) is 4.79 Å². The first kappa shape index (κ1) is 11.7. The molecule has 2 heterocycles. The summed E-state index contributed by atoms with van der Waals surface area (Å²) in [5.74, 6) is 1.39. The van der Waals surface area contributed by atoms with Gasteiger partial charge in [-0.25, -0.2) is 9.78 Å². The summed E-state index contributed by atoms with van der Waals surface area (Å²) in [6.07, 6.45) is 1.70. The van der Waals surface area contributed by atoms with Crippen LogP contribution < -0.4 is 15.7 Å². The normalized spacial score (nSPS) is 16.9. The Kier molecular flexibility index (Phi) is 3.16. The Bertz CT molecular complexity index is 605. The molecule has 1 saturated heterocycles. The van der Waals surface area contributed by atoms with E-state index in [4.69, 9.17) is 9.47 Å². The van der Waals surface area contributed by atoms with Crippen LogP contribution in [0, 0.1) is 0 Å². The Labute approximate surface area is 109 Å². The Balaban J connectivity index is 1.63. The third-order valence-corrected chi connectivity index (χ3v) is 2.65.